The van der Waals surface area contributed by atoms with Gasteiger partial charge in [-0.1, -0.05) is 58.9 Å². The molecule has 0 bridgehead atoms. The Hall–Kier alpha value is -1.92. The molecule has 1 aromatic carbocycles. The van der Waals surface area contributed by atoms with E-state index in [0.717, 1.165) is 38.2 Å². The van der Waals surface area contributed by atoms with Gasteiger partial charge in [0.1, 0.15) is 0 Å². The zero-order chi connectivity index (χ0) is 23.5. The number of carbonyl (C=O) groups excluding carboxylic acids is 2. The third-order valence-electron chi connectivity index (χ3n) is 7.19. The zero-order valence-electron chi connectivity index (χ0n) is 20.8. The van der Waals surface area contributed by atoms with Gasteiger partial charge in [-0.15, -0.1) is 0 Å². The summed E-state index contributed by atoms with van der Waals surface area (Å²) in [6.45, 7) is 15.3. The molecule has 178 valence electrons. The molecule has 2 amide bonds. The number of piperidine rings is 1. The van der Waals surface area contributed by atoms with Gasteiger partial charge in [-0.25, -0.2) is 0 Å². The van der Waals surface area contributed by atoms with E-state index in [1.165, 1.54) is 18.4 Å². The van der Waals surface area contributed by atoms with E-state index in [4.69, 9.17) is 0 Å². The highest BCUT2D eigenvalue weighted by molar-refractivity contribution is 6.35. The predicted octanol–water partition coefficient (Wildman–Crippen LogP) is 2.66. The largest absolute Gasteiger partial charge is 0.347 e. The highest BCUT2D eigenvalue weighted by atomic mass is 16.2. The van der Waals surface area contributed by atoms with E-state index in [2.05, 4.69) is 86.4 Å². The van der Waals surface area contributed by atoms with Crippen LogP contribution in [0.25, 0.3) is 0 Å². The van der Waals surface area contributed by atoms with Crippen molar-refractivity contribution >= 4 is 11.8 Å². The van der Waals surface area contributed by atoms with Gasteiger partial charge in [0, 0.05) is 37.1 Å². The van der Waals surface area contributed by atoms with Crippen LogP contribution in [-0.4, -0.2) is 73.5 Å². The molecule has 6 heteroatoms. The molecule has 2 aliphatic heterocycles. The molecule has 2 aliphatic rings. The lowest BCUT2D eigenvalue weighted by Crippen LogP contribution is -2.49. The Morgan fingerprint density at radius 1 is 0.906 bits per heavy atom. The summed E-state index contributed by atoms with van der Waals surface area (Å²) in [4.78, 5) is 29.8. The van der Waals surface area contributed by atoms with Crippen LogP contribution in [0.3, 0.4) is 0 Å². The zero-order valence-corrected chi connectivity index (χ0v) is 20.8. The average Bonchev–Trinajstić information content (AvgIpc) is 3.20. The Bertz CT molecular complexity index is 789. The molecule has 0 aliphatic carbocycles. The molecule has 1 unspecified atom stereocenters. The number of likely N-dealkylation sites (tertiary alicyclic amines) is 2. The maximum Gasteiger partial charge on any atom is 0.309 e. The summed E-state index contributed by atoms with van der Waals surface area (Å²) in [6.07, 6.45) is 3.28. The third-order valence-corrected chi connectivity index (χ3v) is 7.19. The molecule has 0 saturated carbocycles. The van der Waals surface area contributed by atoms with Crippen LogP contribution in [0, 0.1) is 0 Å². The molecule has 2 heterocycles. The van der Waals surface area contributed by atoms with Crippen LogP contribution in [0.1, 0.15) is 65.0 Å². The quantitative estimate of drug-likeness (QED) is 0.688. The minimum Gasteiger partial charge on any atom is -0.347 e. The van der Waals surface area contributed by atoms with Crippen molar-refractivity contribution in [2.24, 2.45) is 0 Å². The number of rotatable bonds is 5. The molecular weight excluding hydrogens is 400 g/mol. The summed E-state index contributed by atoms with van der Waals surface area (Å²) in [5.74, 6) is -1.05. The number of hydrogen-bond acceptors (Lipinski definition) is 4. The first kappa shape index (κ1) is 24.7. The van der Waals surface area contributed by atoms with Crippen molar-refractivity contribution < 1.29 is 9.59 Å². The van der Waals surface area contributed by atoms with Crippen LogP contribution in [0.5, 0.6) is 0 Å². The number of nitrogens with zero attached hydrogens (tertiary/aromatic N) is 2. The molecule has 32 heavy (non-hydrogen) atoms. The number of carbonyl (C=O) groups is 2. The van der Waals surface area contributed by atoms with Crippen molar-refractivity contribution in [1.29, 1.82) is 0 Å². The third kappa shape index (κ3) is 6.32. The second-order valence-electron chi connectivity index (χ2n) is 11.4. The standard InChI is InChI=1S/C26H42N4O2/c1-25(2,3)19-7-9-20(10-8-19)26(4,5)18-27-23(31)24(32)28-21-11-16-30(17-21)22-12-14-29(6)15-13-22/h7-10,21-22H,11-18H2,1-6H3,(H,27,31)(H,28,32). The molecule has 1 aromatic rings. The van der Waals surface area contributed by atoms with Gasteiger partial charge in [-0.3, -0.25) is 14.5 Å². The lowest BCUT2D eigenvalue weighted by atomic mass is 9.81. The molecule has 6 nitrogen and oxygen atoms in total. The fourth-order valence-corrected chi connectivity index (χ4v) is 4.75. The molecule has 0 spiro atoms. The average molecular weight is 443 g/mol. The second kappa shape index (κ2) is 9.92. The van der Waals surface area contributed by atoms with E-state index in [1.54, 1.807) is 0 Å². The van der Waals surface area contributed by atoms with Crippen LogP contribution in [0.2, 0.25) is 0 Å². The molecule has 1 atom stereocenters. The predicted molar refractivity (Wildman–Crippen MR) is 130 cm³/mol. The van der Waals surface area contributed by atoms with Gasteiger partial charge in [0.05, 0.1) is 0 Å². The van der Waals surface area contributed by atoms with Gasteiger partial charge in [0.2, 0.25) is 0 Å². The first-order chi connectivity index (χ1) is 15.0. The van der Waals surface area contributed by atoms with E-state index in [1.807, 2.05) is 0 Å². The summed E-state index contributed by atoms with van der Waals surface area (Å²) >= 11 is 0. The van der Waals surface area contributed by atoms with E-state index >= 15 is 0 Å². The van der Waals surface area contributed by atoms with Crippen LogP contribution >= 0.6 is 0 Å². The highest BCUT2D eigenvalue weighted by Crippen LogP contribution is 2.27. The van der Waals surface area contributed by atoms with Crippen molar-refractivity contribution in [1.82, 2.24) is 20.4 Å². The minimum absolute atomic E-state index is 0.0610. The van der Waals surface area contributed by atoms with E-state index in [-0.39, 0.29) is 16.9 Å². The van der Waals surface area contributed by atoms with Crippen molar-refractivity contribution in [3.8, 4) is 0 Å². The normalized spacial score (nSPS) is 21.5. The van der Waals surface area contributed by atoms with Gasteiger partial charge in [-0.05, 0) is 55.9 Å². The van der Waals surface area contributed by atoms with Gasteiger partial charge in [0.25, 0.3) is 0 Å². The van der Waals surface area contributed by atoms with Crippen molar-refractivity contribution in [3.05, 3.63) is 35.4 Å². The smallest absolute Gasteiger partial charge is 0.309 e. The Kier molecular flexibility index (Phi) is 7.66. The van der Waals surface area contributed by atoms with E-state index in [0.29, 0.717) is 12.6 Å². The van der Waals surface area contributed by atoms with E-state index in [9.17, 15) is 9.59 Å². The lowest BCUT2D eigenvalue weighted by molar-refractivity contribution is -0.139. The SMILES string of the molecule is CN1CCC(N2CCC(NC(=O)C(=O)NCC(C)(C)c3ccc(C(C)(C)C)cc3)C2)CC1. The van der Waals surface area contributed by atoms with Crippen LogP contribution in [0.15, 0.2) is 24.3 Å². The molecule has 2 N–H and O–H groups in total. The van der Waals surface area contributed by atoms with Gasteiger partial charge < -0.3 is 15.5 Å². The fraction of sp³-hybridized carbons (Fsp3) is 0.692. The first-order valence-corrected chi connectivity index (χ1v) is 12.1. The summed E-state index contributed by atoms with van der Waals surface area (Å²) in [7, 11) is 2.17. The Labute approximate surface area is 194 Å². The molecular formula is C26H42N4O2. The van der Waals surface area contributed by atoms with Crippen LogP contribution in [0.4, 0.5) is 0 Å². The number of nitrogens with one attached hydrogen (secondary N) is 2. The first-order valence-electron chi connectivity index (χ1n) is 12.1. The van der Waals surface area contributed by atoms with Gasteiger partial charge in [0.15, 0.2) is 0 Å². The minimum atomic E-state index is -0.540. The molecule has 2 fully saturated rings. The Morgan fingerprint density at radius 3 is 2.09 bits per heavy atom. The molecule has 3 rings (SSSR count). The van der Waals surface area contributed by atoms with Crippen molar-refractivity contribution in [2.45, 2.75) is 76.8 Å². The molecule has 0 radical (unpaired) electrons. The maximum absolute atomic E-state index is 12.5. The Balaban J connectivity index is 1.45. The molecule has 0 aromatic heterocycles. The van der Waals surface area contributed by atoms with E-state index < -0.39 is 11.8 Å². The van der Waals surface area contributed by atoms with Crippen molar-refractivity contribution in [2.75, 3.05) is 39.8 Å². The summed E-state index contributed by atoms with van der Waals surface area (Å²) in [5.41, 5.74) is 2.28. The molecule has 2 saturated heterocycles. The van der Waals surface area contributed by atoms with Crippen LogP contribution in [-0.2, 0) is 20.4 Å². The summed E-state index contributed by atoms with van der Waals surface area (Å²) in [5, 5.41) is 5.80. The number of benzene rings is 1. The number of hydrogen-bond donors (Lipinski definition) is 2. The van der Waals surface area contributed by atoms with Crippen molar-refractivity contribution in [3.63, 3.8) is 0 Å². The monoisotopic (exact) mass is 442 g/mol. The lowest BCUT2D eigenvalue weighted by Gasteiger charge is -2.35. The van der Waals surface area contributed by atoms with Crippen LogP contribution < -0.4 is 10.6 Å². The fourth-order valence-electron chi connectivity index (χ4n) is 4.75. The van der Waals surface area contributed by atoms with Gasteiger partial charge in [-0.2, -0.15) is 0 Å². The Morgan fingerprint density at radius 2 is 1.50 bits per heavy atom. The maximum atomic E-state index is 12.5. The summed E-state index contributed by atoms with van der Waals surface area (Å²) < 4.78 is 0. The second-order valence-corrected chi connectivity index (χ2v) is 11.4. The summed E-state index contributed by atoms with van der Waals surface area (Å²) in [6, 6.07) is 9.23. The highest BCUT2D eigenvalue weighted by Gasteiger charge is 2.32. The van der Waals surface area contributed by atoms with Gasteiger partial charge >= 0.3 is 11.8 Å². The topological polar surface area (TPSA) is 64.7 Å². The number of amides is 2.